The molecule has 45 heteroatoms. The molecule has 6 aromatic carbocycles. The lowest BCUT2D eigenvalue weighted by molar-refractivity contribution is -0.185. The van der Waals surface area contributed by atoms with Gasteiger partial charge in [-0.1, -0.05) is 72.8 Å². The average Bonchev–Trinajstić information content (AvgIpc) is 1.20. The van der Waals surface area contributed by atoms with Crippen molar-refractivity contribution in [2.45, 2.75) is 133 Å². The quantitative estimate of drug-likeness (QED) is 0.0419. The fraction of sp³-hybridized carbons (Fsp3) is 0.405. The molecule has 3 saturated heterocycles. The number of para-hydroxylation sites is 2. The molecule has 12 rings (SSSR count). The van der Waals surface area contributed by atoms with Gasteiger partial charge in [-0.2, -0.15) is 26.3 Å². The third-order valence-electron chi connectivity index (χ3n) is 23.7. The van der Waals surface area contributed by atoms with E-state index in [1.54, 1.807) is 52.3 Å². The molecule has 23 radical (unpaired) electrons. The number of hydrogen-bond donors (Lipinski definition) is 1. The van der Waals surface area contributed by atoms with Crippen molar-refractivity contribution in [2.24, 2.45) is 0 Å². The molecule has 611 valence electrons. The normalized spacial score (nSPS) is 18.2. The Labute approximate surface area is 750 Å². The van der Waals surface area contributed by atoms with Crippen molar-refractivity contribution in [3.63, 3.8) is 0 Å². The SMILES string of the molecule is CCN(CC)C(=O)c1ccc(C2=CC3(CCCN(C(=O)C(F)(F)F)CC3)Oc3ccc(S(=O)(=O)Cl)cc32)cc1.CCN(CC)C(=O)c1ccc(C2=CC3(CCCN(C(=O)C(F)(F)F)CC3)Oc3ccccc32)cc1.CCN(CC)C(=O)c1ccc(C2=CC3(CCCNCC3)Oc3ccccc32)cc1.[B][B]B(B([B])[B])B(B(B([B])[B])B([B])[B])B(B([B])[B])B([B])[B]. The van der Waals surface area contributed by atoms with Gasteiger partial charge in [0.25, 0.3) is 26.8 Å². The van der Waals surface area contributed by atoms with Gasteiger partial charge in [-0.05, 0) is 212 Å². The van der Waals surface area contributed by atoms with Gasteiger partial charge >= 0.3 is 24.2 Å². The molecule has 5 amide bonds. The fourth-order valence-electron chi connectivity index (χ4n) is 17.1. The van der Waals surface area contributed by atoms with Crippen LogP contribution < -0.4 is 19.5 Å². The number of carbonyl (C=O) groups is 5. The van der Waals surface area contributed by atoms with E-state index in [1.165, 1.54) is 30.8 Å². The number of carbonyl (C=O) groups excluding carboxylic acids is 5. The maximum atomic E-state index is 13.1. The predicted molar refractivity (Wildman–Crippen MR) is 505 cm³/mol. The van der Waals surface area contributed by atoms with Crippen molar-refractivity contribution in [3.8, 4) is 17.2 Å². The van der Waals surface area contributed by atoms with E-state index in [1.807, 2.05) is 107 Å². The number of hydrogen-bond acceptors (Lipinski definition) is 11. The number of halogens is 7. The Morgan fingerprint density at radius 2 is 0.766 bits per heavy atom. The Hall–Kier alpha value is -7.57. The fourth-order valence-corrected chi connectivity index (χ4v) is 17.9. The number of amides is 5. The maximum Gasteiger partial charge on any atom is 0.471 e. The molecule has 3 unspecified atom stereocenters. The summed E-state index contributed by atoms with van der Waals surface area (Å²) in [4.78, 5) is 68.7. The molecule has 3 atom stereocenters. The van der Waals surface area contributed by atoms with Crippen molar-refractivity contribution >= 4 is 216 Å². The molecule has 6 heterocycles. The molecule has 124 heavy (non-hydrogen) atoms. The smallest absolute Gasteiger partial charge is 0.471 e. The number of fused-ring (bicyclic) bond motifs is 3. The third-order valence-corrected chi connectivity index (χ3v) is 25.1. The summed E-state index contributed by atoms with van der Waals surface area (Å²) in [6.45, 7) is 17.3. The highest BCUT2D eigenvalue weighted by atomic mass is 35.7. The van der Waals surface area contributed by atoms with Crippen LogP contribution in [0, 0.1) is 0 Å². The summed E-state index contributed by atoms with van der Waals surface area (Å²) < 4.78 is 122. The van der Waals surface area contributed by atoms with Crippen molar-refractivity contribution in [1.29, 1.82) is 0 Å². The van der Waals surface area contributed by atoms with Crippen molar-refractivity contribution < 1.29 is 72.9 Å². The second kappa shape index (κ2) is 44.0. The number of benzene rings is 6. The van der Waals surface area contributed by atoms with Crippen LogP contribution >= 0.6 is 10.7 Å². The van der Waals surface area contributed by atoms with Gasteiger partial charge in [-0.3, -0.25) is 24.0 Å². The molecule has 0 aromatic heterocycles. The Morgan fingerprint density at radius 3 is 1.09 bits per heavy atom. The molecule has 3 fully saturated rings. The van der Waals surface area contributed by atoms with Gasteiger partial charge in [0, 0.05) is 278 Å². The summed E-state index contributed by atoms with van der Waals surface area (Å²) in [6, 6.07) is 42.3. The third kappa shape index (κ3) is 24.6. The van der Waals surface area contributed by atoms with Crippen molar-refractivity contribution in [3.05, 3.63) is 208 Å². The Kier molecular flexibility index (Phi) is 35.5. The first kappa shape index (κ1) is 100. The van der Waals surface area contributed by atoms with E-state index in [2.05, 4.69) is 41.7 Å². The van der Waals surface area contributed by atoms with E-state index in [9.17, 15) is 58.7 Å². The Balaban J connectivity index is 0.000000192. The van der Waals surface area contributed by atoms with Crippen LogP contribution in [-0.2, 0) is 18.6 Å². The van der Waals surface area contributed by atoms with Gasteiger partial charge in [-0.15, -0.1) is 0 Å². The van der Waals surface area contributed by atoms with E-state index < -0.39 is 102 Å². The van der Waals surface area contributed by atoms with E-state index in [0.717, 1.165) is 94.4 Å². The number of rotatable bonds is 22. The van der Waals surface area contributed by atoms with Gasteiger partial charge in [0.2, 0.25) is 0 Å². The standard InChI is InChI=1S/C27H28ClF3N2O5S.C27H29F3N2O3.C25H30N2O2.B21/c1-3-32(4-2)24(34)19-8-6-18(7-9-19)22-17-26(12-5-14-33(15-13-26)25(35)27(29,30)31)38-23-11-10-20(16-21(22)23)39(28,36)37;1-3-31(4-2)24(33)20-12-10-19(11-13-20)22-18-26(35-23-9-6-5-8-21(22)23)14-7-16-32(17-15-26)25(34)27(28,29)30;1-3-27(4-2)24(28)20-12-10-19(11-13-20)22-18-25(14-7-16-26-17-15-25)29-23-9-6-5-8-21(22)23;1-12-18(13(2)3)21(19(14(4)5)15(6)7)20(16(8)9)17(10)11/h6-11,16-17H,3-5,12-15H2,1-2H3;5-6,8-13,18H,3-4,7,14-17H2,1-2H3;5-6,8-13,18,26H,3-4,7,14-17H2,1-2H3;. The molecule has 6 aromatic rings. The van der Waals surface area contributed by atoms with Crippen LogP contribution in [0.25, 0.3) is 16.7 Å². The van der Waals surface area contributed by atoms with Crippen LogP contribution in [0.3, 0.4) is 0 Å². The second-order valence-corrected chi connectivity index (χ2v) is 34.3. The number of likely N-dealkylation sites (tertiary alicyclic amines) is 2. The van der Waals surface area contributed by atoms with E-state index >= 15 is 0 Å². The van der Waals surface area contributed by atoms with Crippen molar-refractivity contribution in [1.82, 2.24) is 29.8 Å². The first-order chi connectivity index (χ1) is 58.7. The molecule has 0 aliphatic carbocycles. The molecular weight excluding hydrogens is 1600 g/mol. The summed E-state index contributed by atoms with van der Waals surface area (Å²) in [6.07, 6.45) is -5.62. The zero-order valence-corrected chi connectivity index (χ0v) is 72.4. The summed E-state index contributed by atoms with van der Waals surface area (Å²) in [7, 11) is 66.3. The largest absolute Gasteiger partial charge is 0.482 e. The summed E-state index contributed by atoms with van der Waals surface area (Å²) in [5.41, 5.74) is 7.56. The van der Waals surface area contributed by atoms with Gasteiger partial charge in [0.15, 0.2) is 0 Å². The summed E-state index contributed by atoms with van der Waals surface area (Å²) in [5.74, 6) is -1.80. The zero-order chi connectivity index (χ0) is 91.0. The topological polar surface area (TPSA) is 175 Å². The highest BCUT2D eigenvalue weighted by molar-refractivity contribution is 8.20. The Morgan fingerprint density at radius 1 is 0.435 bits per heavy atom. The molecule has 0 bridgehead atoms. The minimum Gasteiger partial charge on any atom is -0.482 e. The predicted octanol–water partition coefficient (Wildman–Crippen LogP) is 7.05. The molecule has 6 aliphatic heterocycles. The van der Waals surface area contributed by atoms with Crippen LogP contribution in [0.5, 0.6) is 17.2 Å². The molecule has 3 spiro atoms. The van der Waals surface area contributed by atoms with E-state index in [4.69, 9.17) is 110 Å². The highest BCUT2D eigenvalue weighted by Crippen LogP contribution is 2.48. The van der Waals surface area contributed by atoms with Gasteiger partial charge in [-0.25, -0.2) is 8.42 Å². The highest BCUT2D eigenvalue weighted by Gasteiger charge is 2.49. The number of nitrogens with one attached hydrogen (secondary N) is 1. The van der Waals surface area contributed by atoms with Gasteiger partial charge in [0.1, 0.15) is 34.1 Å². The summed E-state index contributed by atoms with van der Waals surface area (Å²) >= 11 is 0. The van der Waals surface area contributed by atoms with Crippen LogP contribution in [0.2, 0.25) is 0 Å². The van der Waals surface area contributed by atoms with Gasteiger partial charge < -0.3 is 44.0 Å². The number of alkyl halides is 6. The van der Waals surface area contributed by atoms with E-state index in [-0.39, 0.29) is 73.7 Å². The monoisotopic (exact) mass is 1690 g/mol. The molecule has 0 saturated carbocycles. The van der Waals surface area contributed by atoms with Gasteiger partial charge in [0.05, 0.1) is 4.90 Å². The average molecular weight is 1690 g/mol. The second-order valence-electron chi connectivity index (χ2n) is 31.7. The lowest BCUT2D eigenvalue weighted by Crippen LogP contribution is -2.81. The number of nitrogens with zero attached hydrogens (tertiary/aromatic N) is 5. The minimum absolute atomic E-state index is 0.0300. The number of ether oxygens (including phenoxy) is 3. The lowest BCUT2D eigenvalue weighted by Gasteiger charge is -2.43. The van der Waals surface area contributed by atoms with Crippen LogP contribution in [0.4, 0.5) is 26.3 Å². The maximum absolute atomic E-state index is 13.1. The first-order valence-corrected chi connectivity index (χ1v) is 44.2. The molecule has 6 aliphatic rings. The van der Waals surface area contributed by atoms with Crippen LogP contribution in [0.1, 0.15) is 164 Å². The minimum atomic E-state index is -4.97. The van der Waals surface area contributed by atoms with Crippen LogP contribution in [0.15, 0.2) is 163 Å². The molecule has 16 nitrogen and oxygen atoms in total. The first-order valence-electron chi connectivity index (χ1n) is 41.9. The van der Waals surface area contributed by atoms with Crippen LogP contribution in [-0.4, -0.2) is 320 Å². The summed E-state index contributed by atoms with van der Waals surface area (Å²) in [5, 5.41) is 3.49. The molecular formula is C79H87B21ClF6N6O10S. The Bertz CT molecular complexity index is 4850. The molecule has 1 N–H and O–H groups in total. The zero-order valence-electron chi connectivity index (χ0n) is 70.9. The van der Waals surface area contributed by atoms with E-state index in [0.29, 0.717) is 84.8 Å². The van der Waals surface area contributed by atoms with Crippen molar-refractivity contribution in [2.75, 3.05) is 78.5 Å². The lowest BCUT2D eigenvalue weighted by atomic mass is 8.38.